The van der Waals surface area contributed by atoms with Crippen molar-refractivity contribution < 1.29 is 18.0 Å². The highest BCUT2D eigenvalue weighted by atomic mass is 19.4. The van der Waals surface area contributed by atoms with E-state index in [4.69, 9.17) is 0 Å². The van der Waals surface area contributed by atoms with Crippen molar-refractivity contribution >= 4 is 5.91 Å². The highest BCUT2D eigenvalue weighted by Gasteiger charge is 2.30. The first-order valence-electron chi connectivity index (χ1n) is 7.26. The molecular weight excluding hydrogens is 323 g/mol. The van der Waals surface area contributed by atoms with Crippen LogP contribution >= 0.6 is 0 Å². The maximum atomic E-state index is 12.6. The van der Waals surface area contributed by atoms with Crippen LogP contribution in [0.3, 0.4) is 0 Å². The highest BCUT2D eigenvalue weighted by Crippen LogP contribution is 2.30. The largest absolute Gasteiger partial charge is 0.416 e. The number of halogens is 3. The minimum atomic E-state index is -4.41. The number of hydrogen-bond acceptors (Lipinski definition) is 3. The van der Waals surface area contributed by atoms with Crippen molar-refractivity contribution in [3.8, 4) is 0 Å². The quantitative estimate of drug-likeness (QED) is 0.899. The Morgan fingerprint density at radius 2 is 1.92 bits per heavy atom. The lowest BCUT2D eigenvalue weighted by Gasteiger charge is -2.18. The Balaban J connectivity index is 2.19. The Kier molecular flexibility index (Phi) is 5.06. The topological polar surface area (TPSA) is 74.8 Å². The summed E-state index contributed by atoms with van der Waals surface area (Å²) in [7, 11) is 0. The van der Waals surface area contributed by atoms with Gasteiger partial charge in [0, 0.05) is 6.07 Å². The predicted octanol–water partition coefficient (Wildman–Crippen LogP) is 2.98. The number of aryl methyl sites for hydroxylation is 1. The first-order valence-corrected chi connectivity index (χ1v) is 7.26. The Bertz CT molecular complexity index is 782. The molecule has 1 atom stereocenters. The van der Waals surface area contributed by atoms with E-state index in [0.717, 1.165) is 18.2 Å². The zero-order chi connectivity index (χ0) is 17.9. The number of alkyl halides is 3. The molecule has 0 radical (unpaired) electrons. The van der Waals surface area contributed by atoms with Gasteiger partial charge in [0.25, 0.3) is 11.5 Å². The van der Waals surface area contributed by atoms with Gasteiger partial charge >= 0.3 is 6.18 Å². The van der Waals surface area contributed by atoms with E-state index in [1.807, 2.05) is 0 Å². The SMILES string of the molecule is CC[C@@H](NC(=O)c1cc(=O)[nH]c(C)n1)c1ccc(C(F)(F)F)cc1. The number of aromatic amines is 1. The van der Waals surface area contributed by atoms with E-state index in [2.05, 4.69) is 15.3 Å². The van der Waals surface area contributed by atoms with Crippen LogP contribution in [0.1, 0.15) is 46.8 Å². The van der Waals surface area contributed by atoms with Gasteiger partial charge in [-0.2, -0.15) is 13.2 Å². The Morgan fingerprint density at radius 1 is 1.29 bits per heavy atom. The standard InChI is InChI=1S/C16H16F3N3O2/c1-3-12(10-4-6-11(7-5-10)16(17,18)19)22-15(24)13-8-14(23)21-9(2)20-13/h4-8,12H,3H2,1-2H3,(H,22,24)(H,20,21,23)/t12-/m1/s1. The van der Waals surface area contributed by atoms with E-state index < -0.39 is 29.2 Å². The van der Waals surface area contributed by atoms with Crippen LogP contribution in [0, 0.1) is 6.92 Å². The van der Waals surface area contributed by atoms with Gasteiger partial charge in [-0.15, -0.1) is 0 Å². The number of benzene rings is 1. The van der Waals surface area contributed by atoms with Crippen LogP contribution in [0.4, 0.5) is 13.2 Å². The molecular formula is C16H16F3N3O2. The van der Waals surface area contributed by atoms with Crippen LogP contribution in [0.2, 0.25) is 0 Å². The van der Waals surface area contributed by atoms with Crippen molar-refractivity contribution in [1.82, 2.24) is 15.3 Å². The van der Waals surface area contributed by atoms with E-state index in [1.54, 1.807) is 13.8 Å². The predicted molar refractivity (Wildman–Crippen MR) is 81.5 cm³/mol. The lowest BCUT2D eigenvalue weighted by molar-refractivity contribution is -0.137. The third kappa shape index (κ3) is 4.21. The van der Waals surface area contributed by atoms with E-state index >= 15 is 0 Å². The van der Waals surface area contributed by atoms with Crippen LogP contribution < -0.4 is 10.9 Å². The number of nitrogens with zero attached hydrogens (tertiary/aromatic N) is 1. The Morgan fingerprint density at radius 3 is 2.42 bits per heavy atom. The van der Waals surface area contributed by atoms with Crippen LogP contribution in [-0.4, -0.2) is 15.9 Å². The number of hydrogen-bond donors (Lipinski definition) is 2. The minimum Gasteiger partial charge on any atom is -0.344 e. The van der Waals surface area contributed by atoms with Crippen molar-refractivity contribution in [2.24, 2.45) is 0 Å². The smallest absolute Gasteiger partial charge is 0.344 e. The van der Waals surface area contributed by atoms with Gasteiger partial charge < -0.3 is 10.3 Å². The summed E-state index contributed by atoms with van der Waals surface area (Å²) >= 11 is 0. The molecule has 8 heteroatoms. The van der Waals surface area contributed by atoms with Crippen LogP contribution in [0.25, 0.3) is 0 Å². The average Bonchev–Trinajstić information content (AvgIpc) is 2.50. The molecule has 0 saturated heterocycles. The second-order valence-electron chi connectivity index (χ2n) is 5.27. The van der Waals surface area contributed by atoms with E-state index in [9.17, 15) is 22.8 Å². The first kappa shape index (κ1) is 17.7. The molecule has 1 aromatic heterocycles. The van der Waals surface area contributed by atoms with Crippen molar-refractivity contribution in [2.75, 3.05) is 0 Å². The molecule has 0 aliphatic heterocycles. The number of nitrogens with one attached hydrogen (secondary N) is 2. The third-order valence-corrected chi connectivity index (χ3v) is 3.45. The molecule has 5 nitrogen and oxygen atoms in total. The summed E-state index contributed by atoms with van der Waals surface area (Å²) in [6.45, 7) is 3.34. The highest BCUT2D eigenvalue weighted by molar-refractivity contribution is 5.92. The maximum absolute atomic E-state index is 12.6. The fourth-order valence-corrected chi connectivity index (χ4v) is 2.25. The molecule has 128 valence electrons. The summed E-state index contributed by atoms with van der Waals surface area (Å²) in [6, 6.07) is 5.18. The van der Waals surface area contributed by atoms with E-state index in [-0.39, 0.29) is 5.69 Å². The molecule has 2 rings (SSSR count). The Labute approximate surface area is 135 Å². The molecule has 0 aliphatic carbocycles. The summed E-state index contributed by atoms with van der Waals surface area (Å²) in [4.78, 5) is 30.0. The number of carbonyl (C=O) groups excluding carboxylic acids is 1. The minimum absolute atomic E-state index is 0.0402. The summed E-state index contributed by atoms with van der Waals surface area (Å²) in [6.07, 6.45) is -3.94. The number of aromatic nitrogens is 2. The van der Waals surface area contributed by atoms with Crippen LogP contribution in [0.5, 0.6) is 0 Å². The summed E-state index contributed by atoms with van der Waals surface area (Å²) in [5.74, 6) is -0.258. The summed E-state index contributed by atoms with van der Waals surface area (Å²) in [5.41, 5.74) is -0.698. The molecule has 0 spiro atoms. The fourth-order valence-electron chi connectivity index (χ4n) is 2.25. The number of amides is 1. The first-order chi connectivity index (χ1) is 11.2. The fraction of sp³-hybridized carbons (Fsp3) is 0.312. The molecule has 0 saturated carbocycles. The maximum Gasteiger partial charge on any atom is 0.416 e. The molecule has 1 amide bonds. The summed E-state index contributed by atoms with van der Waals surface area (Å²) < 4.78 is 37.8. The van der Waals surface area contributed by atoms with Crippen molar-refractivity contribution in [3.05, 3.63) is 63.3 Å². The number of rotatable bonds is 4. The number of carbonyl (C=O) groups is 1. The molecule has 1 aromatic carbocycles. The van der Waals surface area contributed by atoms with E-state index in [0.29, 0.717) is 17.8 Å². The average molecular weight is 339 g/mol. The van der Waals surface area contributed by atoms with Gasteiger partial charge in [-0.3, -0.25) is 9.59 Å². The van der Waals surface area contributed by atoms with Crippen molar-refractivity contribution in [2.45, 2.75) is 32.5 Å². The summed E-state index contributed by atoms with van der Waals surface area (Å²) in [5, 5.41) is 2.68. The van der Waals surface area contributed by atoms with Crippen molar-refractivity contribution in [3.63, 3.8) is 0 Å². The van der Waals surface area contributed by atoms with Gasteiger partial charge in [-0.25, -0.2) is 4.98 Å². The normalized spacial score (nSPS) is 12.7. The van der Waals surface area contributed by atoms with Crippen LogP contribution in [0.15, 0.2) is 35.1 Å². The monoisotopic (exact) mass is 339 g/mol. The number of H-pyrrole nitrogens is 1. The lowest BCUT2D eigenvalue weighted by atomic mass is 10.0. The molecule has 1 heterocycles. The molecule has 0 aliphatic rings. The van der Waals surface area contributed by atoms with E-state index in [1.165, 1.54) is 12.1 Å². The molecule has 24 heavy (non-hydrogen) atoms. The zero-order valence-electron chi connectivity index (χ0n) is 13.1. The van der Waals surface area contributed by atoms with Crippen LogP contribution in [-0.2, 0) is 6.18 Å². The van der Waals surface area contributed by atoms with Gasteiger partial charge in [0.05, 0.1) is 11.6 Å². The zero-order valence-corrected chi connectivity index (χ0v) is 13.1. The second kappa shape index (κ2) is 6.86. The molecule has 0 fully saturated rings. The molecule has 0 bridgehead atoms. The Hall–Kier alpha value is -2.64. The van der Waals surface area contributed by atoms with Gasteiger partial charge in [-0.1, -0.05) is 19.1 Å². The van der Waals surface area contributed by atoms with Gasteiger partial charge in [0.1, 0.15) is 11.5 Å². The molecule has 2 N–H and O–H groups in total. The van der Waals surface area contributed by atoms with Crippen molar-refractivity contribution in [1.29, 1.82) is 0 Å². The third-order valence-electron chi connectivity index (χ3n) is 3.45. The lowest BCUT2D eigenvalue weighted by Crippen LogP contribution is -2.30. The molecule has 0 unspecified atom stereocenters. The molecule has 2 aromatic rings. The van der Waals surface area contributed by atoms with Gasteiger partial charge in [-0.05, 0) is 31.0 Å². The second-order valence-corrected chi connectivity index (χ2v) is 5.27. The van der Waals surface area contributed by atoms with Gasteiger partial charge in [0.2, 0.25) is 0 Å². The van der Waals surface area contributed by atoms with Gasteiger partial charge in [0.15, 0.2) is 0 Å².